The highest BCUT2D eigenvalue weighted by Crippen LogP contribution is 2.19. The molecule has 1 aromatic heterocycles. The quantitative estimate of drug-likeness (QED) is 0.669. The Kier molecular flexibility index (Phi) is 7.34. The molecule has 172 valence electrons. The van der Waals surface area contributed by atoms with Gasteiger partial charge in [-0.2, -0.15) is 0 Å². The summed E-state index contributed by atoms with van der Waals surface area (Å²) in [5.74, 6) is -1.64. The Morgan fingerprint density at radius 2 is 1.66 bits per heavy atom. The molecule has 0 spiro atoms. The first-order valence-electron chi connectivity index (χ1n) is 10.5. The maximum atomic E-state index is 13.3. The van der Waals surface area contributed by atoms with E-state index in [1.54, 1.807) is 17.0 Å². The fourth-order valence-electron chi connectivity index (χ4n) is 3.45. The number of amides is 3. The van der Waals surface area contributed by atoms with Gasteiger partial charge in [-0.25, -0.2) is 8.42 Å². The largest absolute Gasteiger partial charge is 0.459 e. The van der Waals surface area contributed by atoms with Gasteiger partial charge in [0.15, 0.2) is 5.76 Å². The van der Waals surface area contributed by atoms with Crippen LogP contribution in [0, 0.1) is 6.92 Å². The second-order valence-electron chi connectivity index (χ2n) is 7.64. The van der Waals surface area contributed by atoms with Crippen LogP contribution in [0.4, 0.5) is 0 Å². The average Bonchev–Trinajstić information content (AvgIpc) is 3.32. The van der Waals surface area contributed by atoms with Crippen molar-refractivity contribution in [2.75, 3.05) is 26.2 Å². The van der Waals surface area contributed by atoms with Crippen molar-refractivity contribution in [1.29, 1.82) is 0 Å². The van der Waals surface area contributed by atoms with Crippen LogP contribution in [0.15, 0.2) is 52.0 Å². The van der Waals surface area contributed by atoms with Crippen LogP contribution >= 0.6 is 0 Å². The molecule has 2 aromatic rings. The highest BCUT2D eigenvalue weighted by molar-refractivity contribution is 7.92. The Balaban J connectivity index is 1.84. The van der Waals surface area contributed by atoms with Gasteiger partial charge < -0.3 is 19.5 Å². The molecule has 1 aliphatic heterocycles. The zero-order valence-corrected chi connectivity index (χ0v) is 18.9. The van der Waals surface area contributed by atoms with E-state index in [9.17, 15) is 22.8 Å². The summed E-state index contributed by atoms with van der Waals surface area (Å²) < 4.78 is 31.7. The first-order chi connectivity index (χ1) is 15.2. The minimum atomic E-state index is -4.24. The molecule has 32 heavy (non-hydrogen) atoms. The van der Waals surface area contributed by atoms with Crippen molar-refractivity contribution in [1.82, 2.24) is 15.1 Å². The smallest absolute Gasteiger partial charge is 0.288 e. The lowest BCUT2D eigenvalue weighted by molar-refractivity contribution is -0.139. The van der Waals surface area contributed by atoms with Crippen molar-refractivity contribution in [3.63, 3.8) is 0 Å². The number of carbonyl (C=O) groups is 3. The van der Waals surface area contributed by atoms with Crippen LogP contribution in [0.5, 0.6) is 0 Å². The molecular weight excluding hydrogens is 434 g/mol. The van der Waals surface area contributed by atoms with Crippen LogP contribution < -0.4 is 5.32 Å². The molecule has 0 saturated carbocycles. The molecule has 1 saturated heterocycles. The van der Waals surface area contributed by atoms with Crippen LogP contribution in [-0.2, 0) is 19.4 Å². The summed E-state index contributed by atoms with van der Waals surface area (Å²) in [5, 5.41) is 0.513. The number of nitrogens with one attached hydrogen (secondary N) is 1. The molecule has 2 heterocycles. The molecule has 3 rings (SSSR count). The molecule has 1 aromatic carbocycles. The van der Waals surface area contributed by atoms with E-state index in [0.717, 1.165) is 12.0 Å². The van der Waals surface area contributed by atoms with Crippen LogP contribution in [-0.4, -0.2) is 67.5 Å². The topological polar surface area (TPSA) is 117 Å². The van der Waals surface area contributed by atoms with E-state index in [1.165, 1.54) is 35.4 Å². The monoisotopic (exact) mass is 461 g/mol. The summed E-state index contributed by atoms with van der Waals surface area (Å²) in [7, 11) is -4.24. The van der Waals surface area contributed by atoms with Gasteiger partial charge in [0.1, 0.15) is 0 Å². The Bertz CT molecular complexity index is 1060. The number of nitrogens with zero attached hydrogens (tertiary/aromatic N) is 2. The third-order valence-electron chi connectivity index (χ3n) is 5.30. The second kappa shape index (κ2) is 9.99. The van der Waals surface area contributed by atoms with Crippen LogP contribution in [0.3, 0.4) is 0 Å². The Hall–Kier alpha value is -3.14. The molecular formula is C22H27N3O6S. The number of hydrogen-bond acceptors (Lipinski definition) is 6. The molecule has 0 unspecified atom stereocenters. The standard InChI is InChI=1S/C22H27N3O6S/c1-3-5-19(26)24-11-13-25(14-12-24)22(28)21(23-20(27)18-6-4-15-31-18)32(29,30)17-9-7-16(2)8-10-17/h4,6-10,15,21H,3,5,11-14H2,1-2H3,(H,23,27)/t21-/m0/s1. The van der Waals surface area contributed by atoms with Crippen molar-refractivity contribution in [3.8, 4) is 0 Å². The summed E-state index contributed by atoms with van der Waals surface area (Å²) in [6, 6.07) is 8.94. The molecule has 0 radical (unpaired) electrons. The number of carbonyl (C=O) groups excluding carboxylic acids is 3. The minimum absolute atomic E-state index is 0.00884. The van der Waals surface area contributed by atoms with Gasteiger partial charge in [-0.15, -0.1) is 0 Å². The zero-order valence-electron chi connectivity index (χ0n) is 18.1. The molecule has 0 bridgehead atoms. The summed E-state index contributed by atoms with van der Waals surface area (Å²) >= 11 is 0. The van der Waals surface area contributed by atoms with E-state index in [4.69, 9.17) is 4.42 Å². The third-order valence-corrected chi connectivity index (χ3v) is 7.17. The highest BCUT2D eigenvalue weighted by Gasteiger charge is 2.39. The van der Waals surface area contributed by atoms with Gasteiger partial charge in [0, 0.05) is 32.6 Å². The molecule has 1 aliphatic rings. The first kappa shape index (κ1) is 23.5. The van der Waals surface area contributed by atoms with Crippen LogP contribution in [0.1, 0.15) is 35.9 Å². The molecule has 0 aliphatic carbocycles. The molecule has 10 heteroatoms. The summed E-state index contributed by atoms with van der Waals surface area (Å²) in [6.45, 7) is 4.73. The maximum Gasteiger partial charge on any atom is 0.288 e. The Labute approximate surface area is 187 Å². The first-order valence-corrected chi connectivity index (χ1v) is 12.0. The number of furan rings is 1. The third kappa shape index (κ3) is 5.18. The van der Waals surface area contributed by atoms with E-state index in [1.807, 2.05) is 13.8 Å². The van der Waals surface area contributed by atoms with Gasteiger partial charge in [-0.05, 0) is 37.6 Å². The maximum absolute atomic E-state index is 13.3. The van der Waals surface area contributed by atoms with E-state index < -0.39 is 27.0 Å². The van der Waals surface area contributed by atoms with Crippen LogP contribution in [0.2, 0.25) is 0 Å². The fourth-order valence-corrected chi connectivity index (χ4v) is 4.91. The van der Waals surface area contributed by atoms with Gasteiger partial charge in [0.25, 0.3) is 11.8 Å². The summed E-state index contributed by atoms with van der Waals surface area (Å²) in [4.78, 5) is 40.9. The van der Waals surface area contributed by atoms with Crippen molar-refractivity contribution < 1.29 is 27.2 Å². The van der Waals surface area contributed by atoms with Gasteiger partial charge in [-0.1, -0.05) is 24.6 Å². The van der Waals surface area contributed by atoms with Gasteiger partial charge in [0.05, 0.1) is 11.2 Å². The number of sulfone groups is 1. The number of piperazine rings is 1. The van der Waals surface area contributed by atoms with Gasteiger partial charge >= 0.3 is 0 Å². The van der Waals surface area contributed by atoms with E-state index in [-0.39, 0.29) is 29.7 Å². The van der Waals surface area contributed by atoms with E-state index >= 15 is 0 Å². The highest BCUT2D eigenvalue weighted by atomic mass is 32.2. The van der Waals surface area contributed by atoms with Crippen molar-refractivity contribution in [3.05, 3.63) is 54.0 Å². The predicted octanol–water partition coefficient (Wildman–Crippen LogP) is 1.59. The Morgan fingerprint density at radius 3 is 2.22 bits per heavy atom. The SMILES string of the molecule is CCCC(=O)N1CCN(C(=O)[C@@H](NC(=O)c2ccco2)S(=O)(=O)c2ccc(C)cc2)CC1. The zero-order chi connectivity index (χ0) is 23.3. The lowest BCUT2D eigenvalue weighted by Gasteiger charge is -2.36. The number of rotatable bonds is 7. The van der Waals surface area contributed by atoms with Crippen LogP contribution in [0.25, 0.3) is 0 Å². The van der Waals surface area contributed by atoms with Crippen molar-refractivity contribution >= 4 is 27.6 Å². The number of benzene rings is 1. The Morgan fingerprint density at radius 1 is 1.03 bits per heavy atom. The van der Waals surface area contributed by atoms with Crippen molar-refractivity contribution in [2.45, 2.75) is 37.0 Å². The fraction of sp³-hybridized carbons (Fsp3) is 0.409. The van der Waals surface area contributed by atoms with E-state index in [0.29, 0.717) is 19.5 Å². The second-order valence-corrected chi connectivity index (χ2v) is 9.68. The lowest BCUT2D eigenvalue weighted by Crippen LogP contribution is -2.57. The number of hydrogen-bond donors (Lipinski definition) is 1. The lowest BCUT2D eigenvalue weighted by atomic mass is 10.2. The molecule has 9 nitrogen and oxygen atoms in total. The normalized spacial score (nSPS) is 15.3. The molecule has 1 fully saturated rings. The van der Waals surface area contributed by atoms with Gasteiger partial charge in [-0.3, -0.25) is 14.4 Å². The van der Waals surface area contributed by atoms with Crippen molar-refractivity contribution in [2.24, 2.45) is 0 Å². The molecule has 3 amide bonds. The van der Waals surface area contributed by atoms with E-state index in [2.05, 4.69) is 5.32 Å². The number of aryl methyl sites for hydroxylation is 1. The molecule has 1 atom stereocenters. The summed E-state index contributed by atoms with van der Waals surface area (Å²) in [6.07, 6.45) is 2.44. The van der Waals surface area contributed by atoms with Gasteiger partial charge in [0.2, 0.25) is 21.1 Å². The minimum Gasteiger partial charge on any atom is -0.459 e. The predicted molar refractivity (Wildman–Crippen MR) is 116 cm³/mol. The summed E-state index contributed by atoms with van der Waals surface area (Å²) in [5.41, 5.74) is 0.860. The molecule has 1 N–H and O–H groups in total. The average molecular weight is 462 g/mol.